The van der Waals surface area contributed by atoms with Crippen LogP contribution in [-0.4, -0.2) is 58.6 Å². The van der Waals surface area contributed by atoms with Crippen LogP contribution in [0.25, 0.3) is 0 Å². The fraction of sp³-hybridized carbons (Fsp3) is 0.310. The van der Waals surface area contributed by atoms with Crippen LogP contribution in [0.15, 0.2) is 73.3 Å². The summed E-state index contributed by atoms with van der Waals surface area (Å²) >= 11 is 0. The molecule has 5 unspecified atom stereocenters. The van der Waals surface area contributed by atoms with E-state index in [1.807, 2.05) is 12.1 Å². The third-order valence-corrected chi connectivity index (χ3v) is 8.36. The van der Waals surface area contributed by atoms with Gasteiger partial charge in [-0.2, -0.15) is 0 Å². The van der Waals surface area contributed by atoms with E-state index in [4.69, 9.17) is 14.2 Å². The van der Waals surface area contributed by atoms with E-state index in [-0.39, 0.29) is 23.7 Å². The molecule has 1 spiro atoms. The van der Waals surface area contributed by atoms with E-state index < -0.39 is 24.1 Å². The molecule has 2 aromatic heterocycles. The van der Waals surface area contributed by atoms with Crippen molar-refractivity contribution >= 4 is 24.3 Å². The molecule has 0 radical (unpaired) electrons. The molecule has 1 fully saturated rings. The van der Waals surface area contributed by atoms with Gasteiger partial charge in [0.05, 0.1) is 11.1 Å². The number of nitrogens with zero attached hydrogens (tertiary/aromatic N) is 3. The van der Waals surface area contributed by atoms with Crippen molar-refractivity contribution in [2.24, 2.45) is 5.92 Å². The Kier molecular flexibility index (Phi) is 5.96. The lowest BCUT2D eigenvalue weighted by molar-refractivity contribution is -0.0555. The molecular weight excluding hydrogens is 506 g/mol. The molecule has 0 amide bonds. The van der Waals surface area contributed by atoms with Crippen LogP contribution >= 0.6 is 12.4 Å². The molecule has 4 aliphatic rings. The number of halogens is 1. The average Bonchev–Trinajstić information content (AvgIpc) is 3.29. The van der Waals surface area contributed by atoms with Gasteiger partial charge in [-0.3, -0.25) is 9.97 Å². The van der Waals surface area contributed by atoms with E-state index in [0.717, 1.165) is 24.9 Å². The number of aromatic nitrogens is 2. The Bertz CT molecular complexity index is 1430. The van der Waals surface area contributed by atoms with Crippen LogP contribution in [-0.2, 0) is 16.6 Å². The molecule has 1 aromatic carbocycles. The highest BCUT2D eigenvalue weighted by molar-refractivity contribution is 5.91. The number of likely N-dealkylation sites (tertiary alicyclic amines) is 1. The zero-order chi connectivity index (χ0) is 25.1. The Labute approximate surface area is 226 Å². The van der Waals surface area contributed by atoms with Gasteiger partial charge in [-0.05, 0) is 68.4 Å². The maximum absolute atomic E-state index is 13.0. The summed E-state index contributed by atoms with van der Waals surface area (Å²) in [5.41, 5.74) is 2.67. The average molecular weight is 532 g/mol. The van der Waals surface area contributed by atoms with Gasteiger partial charge in [0.25, 0.3) is 0 Å². The van der Waals surface area contributed by atoms with Crippen LogP contribution in [0.2, 0.25) is 0 Å². The summed E-state index contributed by atoms with van der Waals surface area (Å²) in [6.07, 6.45) is 11.1. The second kappa shape index (κ2) is 9.22. The molecule has 8 nitrogen and oxygen atoms in total. The van der Waals surface area contributed by atoms with E-state index >= 15 is 0 Å². The number of hydrogen-bond donors (Lipinski definition) is 0. The summed E-state index contributed by atoms with van der Waals surface area (Å²) in [5.74, 6) is 0.221. The highest BCUT2D eigenvalue weighted by Gasteiger charge is 2.65. The van der Waals surface area contributed by atoms with Crippen molar-refractivity contribution in [3.8, 4) is 11.5 Å². The Hall–Kier alpha value is -3.75. The summed E-state index contributed by atoms with van der Waals surface area (Å²) in [6, 6.07) is 10.9. The summed E-state index contributed by atoms with van der Waals surface area (Å²) in [4.78, 5) is 36.4. The van der Waals surface area contributed by atoms with Gasteiger partial charge >= 0.3 is 11.9 Å². The van der Waals surface area contributed by atoms with Crippen molar-refractivity contribution in [3.63, 3.8) is 0 Å². The smallest absolute Gasteiger partial charge is 0.345 e. The van der Waals surface area contributed by atoms with E-state index in [0.29, 0.717) is 28.7 Å². The van der Waals surface area contributed by atoms with E-state index in [1.165, 1.54) is 18.0 Å². The lowest BCUT2D eigenvalue weighted by Crippen LogP contribution is -2.65. The molecule has 38 heavy (non-hydrogen) atoms. The van der Waals surface area contributed by atoms with Gasteiger partial charge in [0.15, 0.2) is 17.6 Å². The third kappa shape index (κ3) is 3.55. The molecular formula is C29H26ClN3O5. The van der Waals surface area contributed by atoms with Gasteiger partial charge in [-0.1, -0.05) is 12.1 Å². The first-order valence-corrected chi connectivity index (χ1v) is 12.5. The number of likely N-dealkylation sites (N-methyl/N-ethyl adjacent to an activating group) is 1. The van der Waals surface area contributed by atoms with Crippen molar-refractivity contribution in [2.45, 2.75) is 36.5 Å². The first kappa shape index (κ1) is 24.6. The van der Waals surface area contributed by atoms with Gasteiger partial charge in [0.2, 0.25) is 0 Å². The molecule has 194 valence electrons. The summed E-state index contributed by atoms with van der Waals surface area (Å²) in [6.45, 7) is 0.900. The molecule has 3 aromatic rings. The molecule has 2 bridgehead atoms. The van der Waals surface area contributed by atoms with Crippen molar-refractivity contribution < 1.29 is 23.8 Å². The lowest BCUT2D eigenvalue weighted by Gasteiger charge is -2.56. The number of ether oxygens (including phenoxy) is 3. The van der Waals surface area contributed by atoms with E-state index in [1.54, 1.807) is 36.7 Å². The van der Waals surface area contributed by atoms with Crippen molar-refractivity contribution in [2.75, 3.05) is 13.6 Å². The maximum Gasteiger partial charge on any atom is 0.345 e. The van der Waals surface area contributed by atoms with E-state index in [9.17, 15) is 9.59 Å². The predicted molar refractivity (Wildman–Crippen MR) is 140 cm³/mol. The summed E-state index contributed by atoms with van der Waals surface area (Å²) < 4.78 is 18.5. The first-order valence-electron chi connectivity index (χ1n) is 12.5. The fourth-order valence-corrected chi connectivity index (χ4v) is 6.71. The molecule has 0 saturated carbocycles. The second-order valence-electron chi connectivity index (χ2n) is 10.2. The van der Waals surface area contributed by atoms with Gasteiger partial charge < -0.3 is 19.1 Å². The van der Waals surface area contributed by atoms with Gasteiger partial charge in [0.1, 0.15) is 6.10 Å². The van der Waals surface area contributed by atoms with Crippen LogP contribution in [0.1, 0.15) is 38.3 Å². The topological polar surface area (TPSA) is 90.9 Å². The first-order chi connectivity index (χ1) is 18.1. The molecule has 1 saturated heterocycles. The van der Waals surface area contributed by atoms with Crippen LogP contribution in [0, 0.1) is 5.92 Å². The Balaban J connectivity index is 0.00000264. The van der Waals surface area contributed by atoms with Gasteiger partial charge in [-0.25, -0.2) is 9.59 Å². The number of pyridine rings is 2. The molecule has 2 aliphatic carbocycles. The highest BCUT2D eigenvalue weighted by atomic mass is 35.5. The zero-order valence-electron chi connectivity index (χ0n) is 20.7. The van der Waals surface area contributed by atoms with Crippen LogP contribution in [0.4, 0.5) is 0 Å². The number of piperidine rings is 1. The number of hydrogen-bond acceptors (Lipinski definition) is 8. The maximum atomic E-state index is 13.0. The fourth-order valence-electron chi connectivity index (χ4n) is 6.71. The largest absolute Gasteiger partial charge is 0.481 e. The summed E-state index contributed by atoms with van der Waals surface area (Å²) in [5, 5.41) is 0. The monoisotopic (exact) mass is 531 g/mol. The second-order valence-corrected chi connectivity index (χ2v) is 10.2. The quantitative estimate of drug-likeness (QED) is 0.285. The minimum absolute atomic E-state index is 0. The highest BCUT2D eigenvalue weighted by Crippen LogP contribution is 2.62. The minimum atomic E-state index is -0.590. The lowest BCUT2D eigenvalue weighted by atomic mass is 9.53. The standard InChI is InChI=1S/C29H25N3O5.ClH/c1-32-13-10-29-20-7-9-23(36-28(34)19-5-3-12-31-16-19)26(29)37-25-22(8-6-17(24(25)29)14-21(20)32)35-27(33)18-4-2-11-30-15-18;/h2-9,11-12,15-16,20-21,23,26H,10,13-14H2,1H3;1H. The van der Waals surface area contributed by atoms with Crippen LogP contribution < -0.4 is 9.47 Å². The normalized spacial score (nSPS) is 27.9. The molecule has 4 heterocycles. The Morgan fingerprint density at radius 3 is 2.47 bits per heavy atom. The van der Waals surface area contributed by atoms with Crippen molar-refractivity contribution in [3.05, 3.63) is 95.6 Å². The molecule has 2 aliphatic heterocycles. The Morgan fingerprint density at radius 1 is 1.03 bits per heavy atom. The molecule has 9 heteroatoms. The van der Waals surface area contributed by atoms with Crippen LogP contribution in [0.5, 0.6) is 11.5 Å². The molecule has 5 atom stereocenters. The number of carbonyl (C=O) groups is 2. The van der Waals surface area contributed by atoms with Crippen LogP contribution in [0.3, 0.4) is 0 Å². The zero-order valence-corrected chi connectivity index (χ0v) is 21.5. The van der Waals surface area contributed by atoms with E-state index in [2.05, 4.69) is 34.1 Å². The van der Waals surface area contributed by atoms with Gasteiger partial charge in [0, 0.05) is 47.7 Å². The number of esters is 2. The predicted octanol–water partition coefficient (Wildman–Crippen LogP) is 3.79. The molecule has 7 rings (SSSR count). The SMILES string of the molecule is CN1CCC23c4c5ccc(OC(=O)c6cccnc6)c4OC2C(OC(=O)c2cccnc2)C=CC3C1C5.Cl. The Morgan fingerprint density at radius 2 is 1.76 bits per heavy atom. The minimum Gasteiger partial charge on any atom is -0.481 e. The number of rotatable bonds is 4. The van der Waals surface area contributed by atoms with Gasteiger partial charge in [-0.15, -0.1) is 12.4 Å². The number of benzene rings is 1. The van der Waals surface area contributed by atoms with Crippen molar-refractivity contribution in [1.82, 2.24) is 14.9 Å². The molecule has 0 N–H and O–H groups in total. The summed E-state index contributed by atoms with van der Waals surface area (Å²) in [7, 11) is 2.17. The number of carbonyl (C=O) groups excluding carboxylic acids is 2. The van der Waals surface area contributed by atoms with Crippen molar-refractivity contribution in [1.29, 1.82) is 0 Å². The third-order valence-electron chi connectivity index (χ3n) is 8.36.